The molecule has 3 amide bonds. The third-order valence-corrected chi connectivity index (χ3v) is 5.34. The minimum absolute atomic E-state index is 0.000887. The summed E-state index contributed by atoms with van der Waals surface area (Å²) in [4.78, 5) is 51.1. The number of hydrogen-bond donors (Lipinski definition) is 1. The Bertz CT molecular complexity index is 583. The Morgan fingerprint density at radius 1 is 1.19 bits per heavy atom. The predicted molar refractivity (Wildman–Crippen MR) is 91.8 cm³/mol. The van der Waals surface area contributed by atoms with Crippen LogP contribution in [-0.4, -0.2) is 72.3 Å². The molecule has 26 heavy (non-hydrogen) atoms. The van der Waals surface area contributed by atoms with Gasteiger partial charge in [0.1, 0.15) is 0 Å². The second-order valence-electron chi connectivity index (χ2n) is 7.58. The average molecular weight is 365 g/mol. The third kappa shape index (κ3) is 4.74. The van der Waals surface area contributed by atoms with Crippen molar-refractivity contribution in [1.82, 2.24) is 15.1 Å². The molecule has 2 saturated carbocycles. The highest BCUT2D eigenvalue weighted by Crippen LogP contribution is 2.29. The van der Waals surface area contributed by atoms with Gasteiger partial charge in [0, 0.05) is 32.1 Å². The molecule has 0 spiro atoms. The van der Waals surface area contributed by atoms with Gasteiger partial charge >= 0.3 is 5.97 Å². The van der Waals surface area contributed by atoms with Gasteiger partial charge in [0.05, 0.1) is 12.5 Å². The molecule has 3 rings (SSSR count). The van der Waals surface area contributed by atoms with Gasteiger partial charge in [0.2, 0.25) is 11.8 Å². The van der Waals surface area contributed by atoms with Gasteiger partial charge in [-0.3, -0.25) is 19.2 Å². The van der Waals surface area contributed by atoms with E-state index in [1.165, 1.54) is 11.9 Å². The van der Waals surface area contributed by atoms with Crippen LogP contribution in [-0.2, 0) is 23.9 Å². The molecule has 1 N–H and O–H groups in total. The number of likely N-dealkylation sites (N-methyl/N-ethyl adjacent to an activating group) is 1. The largest absolute Gasteiger partial charge is 0.455 e. The van der Waals surface area contributed by atoms with Crippen LogP contribution < -0.4 is 5.32 Å². The van der Waals surface area contributed by atoms with Crippen LogP contribution in [0.25, 0.3) is 0 Å². The summed E-state index contributed by atoms with van der Waals surface area (Å²) in [6.07, 6.45) is 6.37. The van der Waals surface area contributed by atoms with Crippen molar-refractivity contribution in [3.05, 3.63) is 0 Å². The molecule has 144 valence electrons. The number of likely N-dealkylation sites (tertiary alicyclic amines) is 1. The number of ether oxygens (including phenoxy) is 1. The Morgan fingerprint density at radius 3 is 2.54 bits per heavy atom. The first-order chi connectivity index (χ1) is 12.4. The molecule has 2 aliphatic carbocycles. The molecule has 1 saturated heterocycles. The first-order valence-corrected chi connectivity index (χ1v) is 9.43. The monoisotopic (exact) mass is 365 g/mol. The van der Waals surface area contributed by atoms with E-state index in [0.29, 0.717) is 6.54 Å². The number of hydrogen-bond acceptors (Lipinski definition) is 5. The molecule has 1 aliphatic heterocycles. The molecular weight excluding hydrogens is 338 g/mol. The van der Waals surface area contributed by atoms with Crippen LogP contribution >= 0.6 is 0 Å². The molecule has 8 heteroatoms. The average Bonchev–Trinajstić information content (AvgIpc) is 3.10. The van der Waals surface area contributed by atoms with Crippen molar-refractivity contribution in [1.29, 1.82) is 0 Å². The maximum absolute atomic E-state index is 12.2. The van der Waals surface area contributed by atoms with E-state index < -0.39 is 24.4 Å². The first kappa shape index (κ1) is 18.7. The summed E-state index contributed by atoms with van der Waals surface area (Å²) in [7, 11) is 1.50. The number of nitrogens with one attached hydrogen (secondary N) is 1. The van der Waals surface area contributed by atoms with Crippen LogP contribution in [0.2, 0.25) is 0 Å². The summed E-state index contributed by atoms with van der Waals surface area (Å²) in [5.41, 5.74) is 0. The highest BCUT2D eigenvalue weighted by Gasteiger charge is 2.39. The summed E-state index contributed by atoms with van der Waals surface area (Å²) in [6, 6.07) is 0.490. The highest BCUT2D eigenvalue weighted by molar-refractivity contribution is 5.89. The lowest BCUT2D eigenvalue weighted by Gasteiger charge is -2.23. The van der Waals surface area contributed by atoms with E-state index >= 15 is 0 Å². The number of esters is 1. The number of amides is 3. The SMILES string of the molecule is CN(CC(=O)NC1CC1)C(=O)COC(=O)[C@@H]1CC(=O)N(C2CCCC2)C1. The van der Waals surface area contributed by atoms with Gasteiger partial charge in [-0.25, -0.2) is 0 Å². The van der Waals surface area contributed by atoms with Crippen molar-refractivity contribution in [2.45, 2.75) is 57.0 Å². The molecule has 0 radical (unpaired) electrons. The normalized spacial score (nSPS) is 23.2. The molecule has 0 bridgehead atoms. The topological polar surface area (TPSA) is 96.0 Å². The van der Waals surface area contributed by atoms with Crippen LogP contribution in [0.1, 0.15) is 44.9 Å². The fraction of sp³-hybridized carbons (Fsp3) is 0.778. The Kier molecular flexibility index (Phi) is 5.78. The van der Waals surface area contributed by atoms with E-state index in [1.807, 2.05) is 0 Å². The zero-order chi connectivity index (χ0) is 18.7. The van der Waals surface area contributed by atoms with Crippen LogP contribution in [0.3, 0.4) is 0 Å². The van der Waals surface area contributed by atoms with Gasteiger partial charge in [-0.2, -0.15) is 0 Å². The Morgan fingerprint density at radius 2 is 1.88 bits per heavy atom. The molecule has 0 aromatic carbocycles. The van der Waals surface area contributed by atoms with Crippen molar-refractivity contribution >= 4 is 23.7 Å². The quantitative estimate of drug-likeness (QED) is 0.644. The van der Waals surface area contributed by atoms with E-state index in [0.717, 1.165) is 38.5 Å². The fourth-order valence-corrected chi connectivity index (χ4v) is 3.62. The van der Waals surface area contributed by atoms with E-state index in [-0.39, 0.29) is 36.9 Å². The van der Waals surface area contributed by atoms with Crippen molar-refractivity contribution in [2.75, 3.05) is 26.7 Å². The third-order valence-electron chi connectivity index (χ3n) is 5.34. The molecule has 0 aromatic heterocycles. The van der Waals surface area contributed by atoms with E-state index in [1.54, 1.807) is 4.90 Å². The van der Waals surface area contributed by atoms with Crippen LogP contribution in [0.4, 0.5) is 0 Å². The van der Waals surface area contributed by atoms with Crippen LogP contribution in [0.15, 0.2) is 0 Å². The lowest BCUT2D eigenvalue weighted by Crippen LogP contribution is -2.41. The second kappa shape index (κ2) is 8.05. The molecule has 0 unspecified atom stereocenters. The second-order valence-corrected chi connectivity index (χ2v) is 7.58. The van der Waals surface area contributed by atoms with Gasteiger partial charge in [0.25, 0.3) is 5.91 Å². The lowest BCUT2D eigenvalue weighted by atomic mass is 10.1. The minimum Gasteiger partial charge on any atom is -0.455 e. The van der Waals surface area contributed by atoms with Crippen LogP contribution in [0.5, 0.6) is 0 Å². The maximum Gasteiger partial charge on any atom is 0.311 e. The summed E-state index contributed by atoms with van der Waals surface area (Å²) in [5.74, 6) is -1.65. The van der Waals surface area contributed by atoms with Gasteiger partial charge in [-0.1, -0.05) is 12.8 Å². The molecule has 0 aromatic rings. The van der Waals surface area contributed by atoms with E-state index in [2.05, 4.69) is 5.32 Å². The zero-order valence-electron chi connectivity index (χ0n) is 15.2. The van der Waals surface area contributed by atoms with Crippen molar-refractivity contribution < 1.29 is 23.9 Å². The number of carbonyl (C=O) groups is 4. The van der Waals surface area contributed by atoms with Gasteiger partial charge in [-0.05, 0) is 25.7 Å². The first-order valence-electron chi connectivity index (χ1n) is 9.43. The maximum atomic E-state index is 12.2. The molecule has 1 heterocycles. The molecule has 8 nitrogen and oxygen atoms in total. The number of rotatable bonds is 7. The van der Waals surface area contributed by atoms with Crippen LogP contribution in [0, 0.1) is 5.92 Å². The smallest absolute Gasteiger partial charge is 0.311 e. The number of nitrogens with zero attached hydrogens (tertiary/aromatic N) is 2. The molecule has 1 atom stereocenters. The molecule has 3 aliphatic rings. The molecular formula is C18H27N3O5. The Hall–Kier alpha value is -2.12. The van der Waals surface area contributed by atoms with Crippen molar-refractivity contribution in [3.8, 4) is 0 Å². The van der Waals surface area contributed by atoms with Crippen molar-refractivity contribution in [3.63, 3.8) is 0 Å². The van der Waals surface area contributed by atoms with Gasteiger partial charge in [0.15, 0.2) is 6.61 Å². The lowest BCUT2D eigenvalue weighted by molar-refractivity contribution is -0.155. The summed E-state index contributed by atoms with van der Waals surface area (Å²) < 4.78 is 5.10. The fourth-order valence-electron chi connectivity index (χ4n) is 3.62. The van der Waals surface area contributed by atoms with Gasteiger partial charge in [-0.15, -0.1) is 0 Å². The molecule has 3 fully saturated rings. The van der Waals surface area contributed by atoms with E-state index in [9.17, 15) is 19.2 Å². The summed E-state index contributed by atoms with van der Waals surface area (Å²) in [5, 5.41) is 2.80. The number of carbonyl (C=O) groups excluding carboxylic acids is 4. The minimum atomic E-state index is -0.511. The Balaban J connectivity index is 1.39. The summed E-state index contributed by atoms with van der Waals surface area (Å²) >= 11 is 0. The van der Waals surface area contributed by atoms with Gasteiger partial charge < -0.3 is 19.9 Å². The standard InChI is InChI=1S/C18H27N3O5/c1-20(10-15(22)19-13-6-7-13)17(24)11-26-18(25)12-8-16(23)21(9-12)14-4-2-3-5-14/h12-14H,2-11H2,1H3,(H,19,22)/t12-/m1/s1. The Labute approximate surface area is 153 Å². The zero-order valence-corrected chi connectivity index (χ0v) is 15.2. The van der Waals surface area contributed by atoms with Crippen molar-refractivity contribution in [2.24, 2.45) is 5.92 Å². The highest BCUT2D eigenvalue weighted by atomic mass is 16.5. The van der Waals surface area contributed by atoms with E-state index in [4.69, 9.17) is 4.74 Å². The summed E-state index contributed by atoms with van der Waals surface area (Å²) in [6.45, 7) is -0.0689. The predicted octanol–water partition coefficient (Wildman–Crippen LogP) is 0.0577.